The van der Waals surface area contributed by atoms with Crippen molar-refractivity contribution >= 4 is 32.9 Å². The Labute approximate surface area is 84.1 Å². The third kappa shape index (κ3) is 3.20. The maximum Gasteiger partial charge on any atom is 0.250 e. The summed E-state index contributed by atoms with van der Waals surface area (Å²) in [7, 11) is 0. The summed E-state index contributed by atoms with van der Waals surface area (Å²) < 4.78 is 1.66. The van der Waals surface area contributed by atoms with Gasteiger partial charge in [0.1, 0.15) is 0 Å². The molecule has 1 rings (SSSR count). The summed E-state index contributed by atoms with van der Waals surface area (Å²) in [5.74, 6) is 0. The van der Waals surface area contributed by atoms with Gasteiger partial charge in [-0.25, -0.2) is 0 Å². The van der Waals surface area contributed by atoms with Crippen molar-refractivity contribution in [2.75, 3.05) is 5.33 Å². The smallest absolute Gasteiger partial charge is 0.250 e. The fourth-order valence-electron chi connectivity index (χ4n) is 0.736. The zero-order chi connectivity index (χ0) is 7.40. The Hall–Kier alpha value is -0.0900. The number of nitrogens with zero attached hydrogens (tertiary/aromatic N) is 1. The van der Waals surface area contributed by atoms with E-state index in [1.165, 1.54) is 0 Å². The lowest BCUT2D eigenvalue weighted by Gasteiger charge is -1.98. The second-order valence-corrected chi connectivity index (χ2v) is 2.71. The molecule has 0 aliphatic carbocycles. The van der Waals surface area contributed by atoms with Crippen molar-refractivity contribution in [2.45, 2.75) is 6.54 Å². The average Bonchev–Trinajstić information content (AvgIpc) is 1.94. The molecule has 1 aromatic heterocycles. The first kappa shape index (κ1) is 10.9. The van der Waals surface area contributed by atoms with Gasteiger partial charge in [0.2, 0.25) is 0 Å². The highest BCUT2D eigenvalue weighted by Crippen LogP contribution is 1.85. The first-order valence-corrected chi connectivity index (χ1v) is 4.18. The highest BCUT2D eigenvalue weighted by atomic mass is 79.9. The SMILES string of the molecule is Br.O=c1ccccn1CCBr. The third-order valence-corrected chi connectivity index (χ3v) is 1.58. The minimum atomic E-state index is 0. The predicted octanol–water partition coefficient (Wildman–Crippen LogP) is 1.82. The second kappa shape index (κ2) is 5.55. The standard InChI is InChI=1S/C7H8BrNO.BrH/c8-4-6-9-5-2-1-3-7(9)10;/h1-3,5H,4,6H2;1H. The molecule has 11 heavy (non-hydrogen) atoms. The van der Waals surface area contributed by atoms with Gasteiger partial charge in [-0.15, -0.1) is 17.0 Å². The Morgan fingerprint density at radius 2 is 2.18 bits per heavy atom. The highest BCUT2D eigenvalue weighted by molar-refractivity contribution is 9.09. The lowest BCUT2D eigenvalue weighted by molar-refractivity contribution is 0.738. The molecule has 0 unspecified atom stereocenters. The van der Waals surface area contributed by atoms with Crippen LogP contribution in [-0.2, 0) is 6.54 Å². The predicted molar refractivity (Wildman–Crippen MR) is 54.8 cm³/mol. The summed E-state index contributed by atoms with van der Waals surface area (Å²) in [6.45, 7) is 0.736. The number of halogens is 2. The fraction of sp³-hybridized carbons (Fsp3) is 0.286. The lowest BCUT2D eigenvalue weighted by Crippen LogP contribution is -2.17. The van der Waals surface area contributed by atoms with Gasteiger partial charge in [-0.1, -0.05) is 22.0 Å². The number of alkyl halides is 1. The molecular weight excluding hydrogens is 274 g/mol. The molecular formula is C7H9Br2NO. The molecule has 0 saturated heterocycles. The van der Waals surface area contributed by atoms with Crippen LogP contribution in [0.15, 0.2) is 29.2 Å². The van der Waals surface area contributed by atoms with Gasteiger partial charge < -0.3 is 4.57 Å². The molecule has 0 amide bonds. The largest absolute Gasteiger partial charge is 0.315 e. The first-order chi connectivity index (χ1) is 4.84. The number of pyridine rings is 1. The molecule has 0 radical (unpaired) electrons. The van der Waals surface area contributed by atoms with E-state index in [2.05, 4.69) is 15.9 Å². The minimum absolute atomic E-state index is 0. The topological polar surface area (TPSA) is 22.0 Å². The molecule has 2 nitrogen and oxygen atoms in total. The molecule has 0 aliphatic heterocycles. The van der Waals surface area contributed by atoms with Gasteiger partial charge in [-0.3, -0.25) is 4.79 Å². The molecule has 1 heterocycles. The Morgan fingerprint density at radius 1 is 1.45 bits per heavy atom. The van der Waals surface area contributed by atoms with Crippen LogP contribution < -0.4 is 5.56 Å². The third-order valence-electron chi connectivity index (χ3n) is 1.22. The van der Waals surface area contributed by atoms with Gasteiger partial charge in [0, 0.05) is 24.1 Å². The van der Waals surface area contributed by atoms with Crippen LogP contribution in [-0.4, -0.2) is 9.90 Å². The summed E-state index contributed by atoms with van der Waals surface area (Å²) in [6.07, 6.45) is 1.78. The van der Waals surface area contributed by atoms with Crippen LogP contribution in [0.25, 0.3) is 0 Å². The average molecular weight is 283 g/mol. The quantitative estimate of drug-likeness (QED) is 0.759. The van der Waals surface area contributed by atoms with E-state index in [0.717, 1.165) is 11.9 Å². The summed E-state index contributed by atoms with van der Waals surface area (Å²) in [5.41, 5.74) is 0.0574. The number of hydrogen-bond donors (Lipinski definition) is 0. The molecule has 0 bridgehead atoms. The van der Waals surface area contributed by atoms with Crippen LogP contribution in [0.4, 0.5) is 0 Å². The maximum absolute atomic E-state index is 11.0. The summed E-state index contributed by atoms with van der Waals surface area (Å²) >= 11 is 3.26. The van der Waals surface area contributed by atoms with E-state index in [1.54, 1.807) is 22.9 Å². The first-order valence-electron chi connectivity index (χ1n) is 3.06. The van der Waals surface area contributed by atoms with Gasteiger partial charge in [0.25, 0.3) is 5.56 Å². The van der Waals surface area contributed by atoms with E-state index in [-0.39, 0.29) is 22.5 Å². The molecule has 0 aliphatic rings. The van der Waals surface area contributed by atoms with Crippen molar-refractivity contribution in [3.8, 4) is 0 Å². The Balaban J connectivity index is 0.000001000. The van der Waals surface area contributed by atoms with E-state index in [9.17, 15) is 4.79 Å². The highest BCUT2D eigenvalue weighted by Gasteiger charge is 1.88. The van der Waals surface area contributed by atoms with Crippen LogP contribution in [0.2, 0.25) is 0 Å². The van der Waals surface area contributed by atoms with Crippen LogP contribution in [0.1, 0.15) is 0 Å². The van der Waals surface area contributed by atoms with E-state index in [1.807, 2.05) is 6.07 Å². The van der Waals surface area contributed by atoms with Crippen molar-refractivity contribution in [1.29, 1.82) is 0 Å². The van der Waals surface area contributed by atoms with Gasteiger partial charge in [0.15, 0.2) is 0 Å². The summed E-state index contributed by atoms with van der Waals surface area (Å²) in [6, 6.07) is 5.15. The minimum Gasteiger partial charge on any atom is -0.315 e. The molecule has 0 saturated carbocycles. The van der Waals surface area contributed by atoms with Crippen LogP contribution >= 0.6 is 32.9 Å². The van der Waals surface area contributed by atoms with Crippen LogP contribution in [0.3, 0.4) is 0 Å². The lowest BCUT2D eigenvalue weighted by atomic mass is 10.5. The number of hydrogen-bond acceptors (Lipinski definition) is 1. The van der Waals surface area contributed by atoms with Crippen LogP contribution in [0, 0.1) is 0 Å². The number of rotatable bonds is 2. The Bertz CT molecular complexity index is 259. The van der Waals surface area contributed by atoms with Gasteiger partial charge in [0.05, 0.1) is 0 Å². The molecule has 0 aromatic carbocycles. The van der Waals surface area contributed by atoms with Crippen molar-refractivity contribution in [3.63, 3.8) is 0 Å². The molecule has 0 fully saturated rings. The number of aromatic nitrogens is 1. The van der Waals surface area contributed by atoms with E-state index < -0.39 is 0 Å². The monoisotopic (exact) mass is 281 g/mol. The zero-order valence-corrected chi connectivity index (χ0v) is 9.16. The fourth-order valence-corrected chi connectivity index (χ4v) is 1.12. The maximum atomic E-state index is 11.0. The second-order valence-electron chi connectivity index (χ2n) is 1.92. The van der Waals surface area contributed by atoms with Crippen LogP contribution in [0.5, 0.6) is 0 Å². The van der Waals surface area contributed by atoms with Gasteiger partial charge in [-0.2, -0.15) is 0 Å². The van der Waals surface area contributed by atoms with E-state index in [4.69, 9.17) is 0 Å². The molecule has 0 N–H and O–H groups in total. The molecule has 4 heteroatoms. The Morgan fingerprint density at radius 3 is 2.73 bits per heavy atom. The summed E-state index contributed by atoms with van der Waals surface area (Å²) in [4.78, 5) is 11.0. The molecule has 62 valence electrons. The van der Waals surface area contributed by atoms with Crippen molar-refractivity contribution < 1.29 is 0 Å². The molecule has 0 spiro atoms. The zero-order valence-electron chi connectivity index (χ0n) is 5.87. The Kier molecular flexibility index (Phi) is 5.50. The van der Waals surface area contributed by atoms with Gasteiger partial charge >= 0.3 is 0 Å². The van der Waals surface area contributed by atoms with Crippen molar-refractivity contribution in [2.24, 2.45) is 0 Å². The van der Waals surface area contributed by atoms with E-state index in [0.29, 0.717) is 0 Å². The van der Waals surface area contributed by atoms with Crippen molar-refractivity contribution in [3.05, 3.63) is 34.7 Å². The van der Waals surface area contributed by atoms with E-state index >= 15 is 0 Å². The molecule has 0 atom stereocenters. The molecule has 1 aromatic rings. The summed E-state index contributed by atoms with van der Waals surface area (Å²) in [5, 5.41) is 0.816. The number of aryl methyl sites for hydroxylation is 1. The van der Waals surface area contributed by atoms with Gasteiger partial charge in [-0.05, 0) is 6.07 Å². The normalized spacial score (nSPS) is 8.82. The van der Waals surface area contributed by atoms with Crippen molar-refractivity contribution in [1.82, 2.24) is 4.57 Å².